The van der Waals surface area contributed by atoms with Crippen molar-refractivity contribution in [1.82, 2.24) is 9.71 Å². The van der Waals surface area contributed by atoms with Crippen molar-refractivity contribution in [3.05, 3.63) is 54.5 Å². The number of halogens is 1. The molecule has 1 atom stereocenters. The SMILES string of the molecule is O=S(=O)(NC1CCN(c2ccccn2)C1)c1cccc(F)c1. The van der Waals surface area contributed by atoms with Crippen LogP contribution in [0.1, 0.15) is 6.42 Å². The predicted molar refractivity (Wildman–Crippen MR) is 81.6 cm³/mol. The molecule has 1 aromatic heterocycles. The molecular formula is C15H16FN3O2S. The van der Waals surface area contributed by atoms with Gasteiger partial charge in [0.2, 0.25) is 10.0 Å². The number of benzene rings is 1. The molecule has 5 nitrogen and oxygen atoms in total. The third-order valence-electron chi connectivity index (χ3n) is 3.59. The van der Waals surface area contributed by atoms with Crippen molar-refractivity contribution < 1.29 is 12.8 Å². The highest BCUT2D eigenvalue weighted by atomic mass is 32.2. The van der Waals surface area contributed by atoms with Crippen molar-refractivity contribution in [3.8, 4) is 0 Å². The van der Waals surface area contributed by atoms with Crippen LogP contribution in [0.3, 0.4) is 0 Å². The Balaban J connectivity index is 1.69. The van der Waals surface area contributed by atoms with E-state index in [0.717, 1.165) is 18.4 Å². The molecule has 0 spiro atoms. The van der Waals surface area contributed by atoms with Gasteiger partial charge in [0.15, 0.2) is 0 Å². The smallest absolute Gasteiger partial charge is 0.240 e. The standard InChI is InChI=1S/C15H16FN3O2S/c16-12-4-3-5-14(10-12)22(20,21)18-13-7-9-19(11-13)15-6-1-2-8-17-15/h1-6,8,10,13,18H,7,9,11H2. The van der Waals surface area contributed by atoms with Gasteiger partial charge in [0.1, 0.15) is 11.6 Å². The van der Waals surface area contributed by atoms with Gasteiger partial charge in [-0.2, -0.15) is 0 Å². The molecule has 1 unspecified atom stereocenters. The Labute approximate surface area is 128 Å². The van der Waals surface area contributed by atoms with Crippen molar-refractivity contribution in [2.24, 2.45) is 0 Å². The lowest BCUT2D eigenvalue weighted by Gasteiger charge is -2.17. The van der Waals surface area contributed by atoms with Gasteiger partial charge < -0.3 is 4.90 Å². The molecule has 0 aliphatic carbocycles. The average molecular weight is 321 g/mol. The maximum atomic E-state index is 13.2. The van der Waals surface area contributed by atoms with E-state index in [4.69, 9.17) is 0 Å². The summed E-state index contributed by atoms with van der Waals surface area (Å²) < 4.78 is 40.4. The largest absolute Gasteiger partial charge is 0.355 e. The number of nitrogens with zero attached hydrogens (tertiary/aromatic N) is 2. The first-order chi connectivity index (χ1) is 10.5. The van der Waals surface area contributed by atoms with Crippen LogP contribution in [0.2, 0.25) is 0 Å². The fraction of sp³-hybridized carbons (Fsp3) is 0.267. The molecule has 1 fully saturated rings. The Morgan fingerprint density at radius 3 is 2.82 bits per heavy atom. The molecule has 1 aliphatic heterocycles. The number of hydrogen-bond donors (Lipinski definition) is 1. The van der Waals surface area contributed by atoms with Gasteiger partial charge in [-0.05, 0) is 36.8 Å². The van der Waals surface area contributed by atoms with Crippen LogP contribution in [0.4, 0.5) is 10.2 Å². The molecule has 1 N–H and O–H groups in total. The summed E-state index contributed by atoms with van der Waals surface area (Å²) in [5.41, 5.74) is 0. The fourth-order valence-electron chi connectivity index (χ4n) is 2.53. The Hall–Kier alpha value is -1.99. The van der Waals surface area contributed by atoms with Gasteiger partial charge in [0.05, 0.1) is 4.90 Å². The van der Waals surface area contributed by atoms with Crippen LogP contribution in [0, 0.1) is 5.82 Å². The molecule has 2 heterocycles. The lowest BCUT2D eigenvalue weighted by Crippen LogP contribution is -2.37. The molecule has 3 rings (SSSR count). The van der Waals surface area contributed by atoms with Crippen LogP contribution in [-0.2, 0) is 10.0 Å². The summed E-state index contributed by atoms with van der Waals surface area (Å²) in [5, 5.41) is 0. The van der Waals surface area contributed by atoms with Crippen molar-refractivity contribution >= 4 is 15.8 Å². The Bertz CT molecular complexity index is 752. The second-order valence-electron chi connectivity index (χ2n) is 5.20. The number of hydrogen-bond acceptors (Lipinski definition) is 4. The first-order valence-electron chi connectivity index (χ1n) is 6.98. The van der Waals surface area contributed by atoms with Crippen molar-refractivity contribution in [3.63, 3.8) is 0 Å². The van der Waals surface area contributed by atoms with Crippen LogP contribution in [0.15, 0.2) is 53.6 Å². The molecule has 7 heteroatoms. The maximum Gasteiger partial charge on any atom is 0.240 e. The lowest BCUT2D eigenvalue weighted by molar-refractivity contribution is 0.558. The highest BCUT2D eigenvalue weighted by molar-refractivity contribution is 7.89. The molecule has 2 aromatic rings. The topological polar surface area (TPSA) is 62.3 Å². The minimum Gasteiger partial charge on any atom is -0.355 e. The molecular weight excluding hydrogens is 305 g/mol. The Kier molecular flexibility index (Phi) is 4.08. The van der Waals surface area contributed by atoms with Crippen LogP contribution in [0.25, 0.3) is 0 Å². The number of aromatic nitrogens is 1. The second-order valence-corrected chi connectivity index (χ2v) is 6.91. The number of sulfonamides is 1. The molecule has 0 bridgehead atoms. The molecule has 22 heavy (non-hydrogen) atoms. The fourth-order valence-corrected chi connectivity index (χ4v) is 3.82. The van der Waals surface area contributed by atoms with E-state index in [1.54, 1.807) is 6.20 Å². The summed E-state index contributed by atoms with van der Waals surface area (Å²) in [7, 11) is -3.71. The van der Waals surface area contributed by atoms with E-state index in [0.29, 0.717) is 13.0 Å². The van der Waals surface area contributed by atoms with Gasteiger partial charge in [-0.3, -0.25) is 0 Å². The first-order valence-corrected chi connectivity index (χ1v) is 8.47. The van der Waals surface area contributed by atoms with E-state index < -0.39 is 15.8 Å². The predicted octanol–water partition coefficient (Wildman–Crippen LogP) is 1.78. The highest BCUT2D eigenvalue weighted by Crippen LogP contribution is 2.19. The molecule has 0 saturated carbocycles. The summed E-state index contributed by atoms with van der Waals surface area (Å²) in [6.07, 6.45) is 2.39. The quantitative estimate of drug-likeness (QED) is 0.932. The van der Waals surface area contributed by atoms with Crippen LogP contribution in [0.5, 0.6) is 0 Å². The maximum absolute atomic E-state index is 13.2. The van der Waals surface area contributed by atoms with Gasteiger partial charge in [-0.15, -0.1) is 0 Å². The summed E-state index contributed by atoms with van der Waals surface area (Å²) in [5.74, 6) is 0.263. The monoisotopic (exact) mass is 321 g/mol. The van der Waals surface area contributed by atoms with Gasteiger partial charge in [0.25, 0.3) is 0 Å². The normalized spacial score (nSPS) is 18.6. The number of anilines is 1. The first kappa shape index (κ1) is 14.9. The zero-order valence-electron chi connectivity index (χ0n) is 11.8. The molecule has 0 amide bonds. The molecule has 1 saturated heterocycles. The van der Waals surface area contributed by atoms with E-state index >= 15 is 0 Å². The minimum absolute atomic E-state index is 0.0520. The van der Waals surface area contributed by atoms with Gasteiger partial charge >= 0.3 is 0 Å². The van der Waals surface area contributed by atoms with Crippen molar-refractivity contribution in [2.45, 2.75) is 17.4 Å². The van der Waals surface area contributed by atoms with E-state index in [1.165, 1.54) is 18.2 Å². The van der Waals surface area contributed by atoms with Crippen molar-refractivity contribution in [1.29, 1.82) is 0 Å². The van der Waals surface area contributed by atoms with E-state index in [1.807, 2.05) is 23.1 Å². The lowest BCUT2D eigenvalue weighted by atomic mass is 10.3. The third kappa shape index (κ3) is 3.26. The van der Waals surface area contributed by atoms with Gasteiger partial charge in [-0.1, -0.05) is 12.1 Å². The average Bonchev–Trinajstić information content (AvgIpc) is 2.96. The molecule has 1 aromatic carbocycles. The van der Waals surface area contributed by atoms with Gasteiger partial charge in [0, 0.05) is 25.3 Å². The molecule has 0 radical (unpaired) electrons. The van der Waals surface area contributed by atoms with Crippen LogP contribution >= 0.6 is 0 Å². The zero-order chi connectivity index (χ0) is 15.6. The van der Waals surface area contributed by atoms with Crippen molar-refractivity contribution in [2.75, 3.05) is 18.0 Å². The van der Waals surface area contributed by atoms with Crippen LogP contribution < -0.4 is 9.62 Å². The molecule has 1 aliphatic rings. The van der Waals surface area contributed by atoms with Crippen LogP contribution in [-0.4, -0.2) is 32.5 Å². The van der Waals surface area contributed by atoms with E-state index in [9.17, 15) is 12.8 Å². The number of rotatable bonds is 4. The number of nitrogens with one attached hydrogen (secondary N) is 1. The summed E-state index contributed by atoms with van der Waals surface area (Å²) in [4.78, 5) is 6.24. The highest BCUT2D eigenvalue weighted by Gasteiger charge is 2.28. The Morgan fingerprint density at radius 2 is 2.09 bits per heavy atom. The Morgan fingerprint density at radius 1 is 1.23 bits per heavy atom. The second kappa shape index (κ2) is 6.02. The minimum atomic E-state index is -3.71. The zero-order valence-corrected chi connectivity index (χ0v) is 12.6. The summed E-state index contributed by atoms with van der Waals surface area (Å²) in [6.45, 7) is 1.28. The van der Waals surface area contributed by atoms with E-state index in [2.05, 4.69) is 9.71 Å². The van der Waals surface area contributed by atoms with Gasteiger partial charge in [-0.25, -0.2) is 22.5 Å². The van der Waals surface area contributed by atoms with E-state index in [-0.39, 0.29) is 10.9 Å². The summed E-state index contributed by atoms with van der Waals surface area (Å²) in [6, 6.07) is 10.4. The summed E-state index contributed by atoms with van der Waals surface area (Å²) >= 11 is 0. The third-order valence-corrected chi connectivity index (χ3v) is 5.11. The molecule has 116 valence electrons. The number of pyridine rings is 1.